The van der Waals surface area contributed by atoms with E-state index in [1.165, 1.54) is 12.1 Å². The van der Waals surface area contributed by atoms with E-state index in [-0.39, 0.29) is 5.82 Å². The highest BCUT2D eigenvalue weighted by molar-refractivity contribution is 5.97. The van der Waals surface area contributed by atoms with Crippen LogP contribution < -0.4 is 5.32 Å². The van der Waals surface area contributed by atoms with Crippen LogP contribution in [-0.4, -0.2) is 42.4 Å². The summed E-state index contributed by atoms with van der Waals surface area (Å²) in [7, 11) is 1.84. The first kappa shape index (κ1) is 19.3. The Morgan fingerprint density at radius 3 is 2.82 bits per heavy atom. The summed E-state index contributed by atoms with van der Waals surface area (Å²) in [6, 6.07) is 12.9. The maximum atomic E-state index is 14.3. The van der Waals surface area contributed by atoms with E-state index in [0.29, 0.717) is 18.1 Å². The molecular formula is C24H19FN8. The number of rotatable bonds is 5. The number of hydrogen-bond acceptors (Lipinski definition) is 5. The van der Waals surface area contributed by atoms with Gasteiger partial charge in [0, 0.05) is 29.3 Å². The monoisotopic (exact) mass is 438 g/mol. The fourth-order valence-electron chi connectivity index (χ4n) is 4.14. The van der Waals surface area contributed by atoms with Crippen molar-refractivity contribution in [2.24, 2.45) is 0 Å². The Kier molecular flexibility index (Phi) is 4.48. The molecule has 0 amide bonds. The van der Waals surface area contributed by atoms with Gasteiger partial charge in [-0.3, -0.25) is 15.2 Å². The van der Waals surface area contributed by atoms with E-state index in [9.17, 15) is 4.39 Å². The normalized spacial score (nSPS) is 11.6. The number of pyridine rings is 1. The lowest BCUT2D eigenvalue weighted by Gasteiger charge is -2.07. The van der Waals surface area contributed by atoms with E-state index in [2.05, 4.69) is 35.7 Å². The van der Waals surface area contributed by atoms with Crippen molar-refractivity contribution in [3.8, 4) is 33.9 Å². The third-order valence-corrected chi connectivity index (χ3v) is 5.63. The van der Waals surface area contributed by atoms with Gasteiger partial charge in [0.25, 0.3) is 0 Å². The van der Waals surface area contributed by atoms with Gasteiger partial charge >= 0.3 is 0 Å². The van der Waals surface area contributed by atoms with Crippen LogP contribution in [0.15, 0.2) is 61.1 Å². The Labute approximate surface area is 187 Å². The summed E-state index contributed by atoms with van der Waals surface area (Å²) in [5, 5.41) is 18.3. The van der Waals surface area contributed by atoms with Crippen LogP contribution in [0.2, 0.25) is 0 Å². The Hall–Kier alpha value is -4.37. The zero-order chi connectivity index (χ0) is 22.4. The van der Waals surface area contributed by atoms with Crippen LogP contribution in [0.5, 0.6) is 0 Å². The minimum Gasteiger partial charge on any atom is -0.337 e. The first-order chi connectivity index (χ1) is 16.2. The van der Waals surface area contributed by atoms with Crippen LogP contribution in [0.25, 0.3) is 55.8 Å². The molecule has 4 heterocycles. The molecule has 0 fully saturated rings. The minimum atomic E-state index is -0.275. The number of benzene rings is 2. The number of halogens is 1. The molecular weight excluding hydrogens is 419 g/mol. The second kappa shape index (κ2) is 7.64. The van der Waals surface area contributed by atoms with Gasteiger partial charge in [-0.1, -0.05) is 12.1 Å². The lowest BCUT2D eigenvalue weighted by molar-refractivity contribution is 0.624. The number of fused-ring (bicyclic) bond motifs is 2. The highest BCUT2D eigenvalue weighted by Crippen LogP contribution is 2.33. The highest BCUT2D eigenvalue weighted by Gasteiger charge is 2.17. The van der Waals surface area contributed by atoms with Gasteiger partial charge in [-0.05, 0) is 48.5 Å². The second-order valence-corrected chi connectivity index (χ2v) is 7.84. The maximum absolute atomic E-state index is 14.3. The van der Waals surface area contributed by atoms with Crippen molar-refractivity contribution in [1.29, 1.82) is 0 Å². The zero-order valence-corrected chi connectivity index (χ0v) is 17.6. The summed E-state index contributed by atoms with van der Waals surface area (Å²) < 4.78 is 14.3. The average molecular weight is 438 g/mol. The molecule has 0 aliphatic carbocycles. The molecule has 0 saturated heterocycles. The Balaban J connectivity index is 1.49. The van der Waals surface area contributed by atoms with E-state index in [1.54, 1.807) is 18.6 Å². The van der Waals surface area contributed by atoms with E-state index in [1.807, 2.05) is 37.4 Å². The lowest BCUT2D eigenvalue weighted by atomic mass is 10.0. The molecule has 162 valence electrons. The van der Waals surface area contributed by atoms with Gasteiger partial charge in [0.1, 0.15) is 11.5 Å². The molecule has 9 heteroatoms. The van der Waals surface area contributed by atoms with Crippen LogP contribution in [0, 0.1) is 5.82 Å². The first-order valence-electron chi connectivity index (χ1n) is 10.5. The predicted molar refractivity (Wildman–Crippen MR) is 125 cm³/mol. The predicted octanol–water partition coefficient (Wildman–Crippen LogP) is 4.42. The third-order valence-electron chi connectivity index (χ3n) is 5.63. The molecule has 33 heavy (non-hydrogen) atoms. The van der Waals surface area contributed by atoms with Crippen molar-refractivity contribution >= 4 is 21.9 Å². The van der Waals surface area contributed by atoms with E-state index in [4.69, 9.17) is 4.98 Å². The van der Waals surface area contributed by atoms with Gasteiger partial charge in [0.15, 0.2) is 5.82 Å². The third kappa shape index (κ3) is 3.35. The number of nitrogens with one attached hydrogen (secondary N) is 4. The average Bonchev–Trinajstić information content (AvgIpc) is 3.57. The molecule has 0 saturated carbocycles. The molecule has 4 aromatic heterocycles. The maximum Gasteiger partial charge on any atom is 0.159 e. The second-order valence-electron chi connectivity index (χ2n) is 7.84. The molecule has 4 N–H and O–H groups in total. The van der Waals surface area contributed by atoms with Crippen LogP contribution in [0.1, 0.15) is 5.56 Å². The molecule has 2 aromatic carbocycles. The number of imidazole rings is 1. The van der Waals surface area contributed by atoms with Gasteiger partial charge in [-0.25, -0.2) is 9.37 Å². The zero-order valence-electron chi connectivity index (χ0n) is 17.6. The first-order valence-corrected chi connectivity index (χ1v) is 10.5. The van der Waals surface area contributed by atoms with Crippen LogP contribution in [0.3, 0.4) is 0 Å². The molecule has 0 aliphatic heterocycles. The quantitative estimate of drug-likeness (QED) is 0.319. The highest BCUT2D eigenvalue weighted by atomic mass is 19.1. The summed E-state index contributed by atoms with van der Waals surface area (Å²) in [4.78, 5) is 12.7. The van der Waals surface area contributed by atoms with Crippen molar-refractivity contribution in [3.63, 3.8) is 0 Å². The van der Waals surface area contributed by atoms with E-state index >= 15 is 0 Å². The topological polar surface area (TPSA) is 111 Å². The van der Waals surface area contributed by atoms with Crippen molar-refractivity contribution in [2.45, 2.75) is 6.54 Å². The van der Waals surface area contributed by atoms with Crippen molar-refractivity contribution in [2.75, 3.05) is 7.05 Å². The number of H-pyrrole nitrogens is 3. The van der Waals surface area contributed by atoms with Crippen molar-refractivity contribution in [3.05, 3.63) is 72.4 Å². The fourth-order valence-corrected chi connectivity index (χ4v) is 4.14. The Morgan fingerprint density at radius 1 is 1.03 bits per heavy atom. The molecule has 0 spiro atoms. The summed E-state index contributed by atoms with van der Waals surface area (Å²) in [6.45, 7) is 0.582. The van der Waals surface area contributed by atoms with Crippen molar-refractivity contribution in [1.82, 2.24) is 40.7 Å². The van der Waals surface area contributed by atoms with Crippen molar-refractivity contribution < 1.29 is 4.39 Å². The van der Waals surface area contributed by atoms with E-state index in [0.717, 1.165) is 49.9 Å². The summed E-state index contributed by atoms with van der Waals surface area (Å²) in [5.74, 6) is 0.350. The van der Waals surface area contributed by atoms with Gasteiger partial charge in [0.2, 0.25) is 0 Å². The molecule has 0 bridgehead atoms. The smallest absolute Gasteiger partial charge is 0.159 e. The number of hydrogen-bond donors (Lipinski definition) is 4. The Bertz CT molecular complexity index is 1600. The number of aromatic nitrogens is 7. The van der Waals surface area contributed by atoms with Gasteiger partial charge in [0.05, 0.1) is 34.6 Å². The molecule has 0 aliphatic rings. The fraction of sp³-hybridized carbons (Fsp3) is 0.0833. The Morgan fingerprint density at radius 2 is 1.97 bits per heavy atom. The molecule has 0 atom stereocenters. The molecule has 0 radical (unpaired) electrons. The number of aromatic amines is 3. The van der Waals surface area contributed by atoms with Crippen LogP contribution >= 0.6 is 0 Å². The van der Waals surface area contributed by atoms with Crippen LogP contribution in [0.4, 0.5) is 4.39 Å². The minimum absolute atomic E-state index is 0.275. The van der Waals surface area contributed by atoms with Gasteiger partial charge in [-0.2, -0.15) is 10.2 Å². The van der Waals surface area contributed by atoms with Crippen LogP contribution in [-0.2, 0) is 6.54 Å². The SMILES string of the molecule is CNCc1cc(F)cc(-c2cccc3[nH]c(-c4n[nH]c5cnc(-c6cn[nH]c6)cc45)nc23)c1. The molecule has 6 rings (SSSR count). The molecule has 8 nitrogen and oxygen atoms in total. The van der Waals surface area contributed by atoms with Gasteiger partial charge < -0.3 is 10.3 Å². The summed E-state index contributed by atoms with van der Waals surface area (Å²) in [5.41, 5.74) is 7.28. The summed E-state index contributed by atoms with van der Waals surface area (Å²) >= 11 is 0. The largest absolute Gasteiger partial charge is 0.337 e. The number of para-hydroxylation sites is 1. The molecule has 0 unspecified atom stereocenters. The standard InChI is InChI=1S/C24H19FN8/c1-26-9-13-5-14(7-16(25)6-13)17-3-2-4-19-22(17)31-24(30-19)23-18-8-20(15-10-28-29-11-15)27-12-21(18)32-33-23/h2-8,10-12,26H,9H2,1H3,(H,28,29)(H,30,31)(H,32,33). The molecule has 6 aromatic rings. The van der Waals surface area contributed by atoms with Gasteiger partial charge in [-0.15, -0.1) is 0 Å². The lowest BCUT2D eigenvalue weighted by Crippen LogP contribution is -2.05. The van der Waals surface area contributed by atoms with E-state index < -0.39 is 0 Å². The summed E-state index contributed by atoms with van der Waals surface area (Å²) in [6.07, 6.45) is 5.27. The number of nitrogens with zero attached hydrogens (tertiary/aromatic N) is 4.